The van der Waals surface area contributed by atoms with Crippen molar-refractivity contribution in [2.75, 3.05) is 5.73 Å². The van der Waals surface area contributed by atoms with Gasteiger partial charge in [0.1, 0.15) is 17.2 Å². The molecule has 0 saturated heterocycles. The lowest BCUT2D eigenvalue weighted by Gasteiger charge is -2.17. The third kappa shape index (κ3) is 2.12. The van der Waals surface area contributed by atoms with Gasteiger partial charge in [0.2, 0.25) is 5.95 Å². The number of nitrogens with two attached hydrogens (primary N) is 1. The summed E-state index contributed by atoms with van der Waals surface area (Å²) in [5.74, 6) is -1.94. The summed E-state index contributed by atoms with van der Waals surface area (Å²) in [6.07, 6.45) is 0. The molecule has 0 amide bonds. The fourth-order valence-electron chi connectivity index (χ4n) is 2.50. The van der Waals surface area contributed by atoms with Crippen LogP contribution in [-0.4, -0.2) is 9.55 Å². The molecule has 1 heterocycles. The van der Waals surface area contributed by atoms with Gasteiger partial charge in [-0.25, -0.2) is 18.2 Å². The van der Waals surface area contributed by atoms with E-state index in [2.05, 4.69) is 4.98 Å². The summed E-state index contributed by atoms with van der Waals surface area (Å²) in [6.45, 7) is 1.69. The molecule has 0 aliphatic rings. The van der Waals surface area contributed by atoms with E-state index in [9.17, 15) is 13.2 Å². The highest BCUT2D eigenvalue weighted by Crippen LogP contribution is 2.30. The summed E-state index contributed by atoms with van der Waals surface area (Å²) in [6, 6.07) is 7.51. The molecule has 0 radical (unpaired) electrons. The number of fused-ring (bicyclic) bond motifs is 1. The standard InChI is InChI=1S/C15H12F3N3/c1-8(10-4-2-3-5-11(10)17)21-13-7-9(16)6-12(18)14(13)20-15(21)19/h2-8H,1H3,(H2,19,20). The minimum Gasteiger partial charge on any atom is -0.369 e. The van der Waals surface area contributed by atoms with Gasteiger partial charge in [0, 0.05) is 17.7 Å². The van der Waals surface area contributed by atoms with Gasteiger partial charge in [-0.1, -0.05) is 18.2 Å². The zero-order chi connectivity index (χ0) is 15.1. The second kappa shape index (κ2) is 4.80. The van der Waals surface area contributed by atoms with E-state index in [4.69, 9.17) is 5.73 Å². The molecule has 0 saturated carbocycles. The summed E-state index contributed by atoms with van der Waals surface area (Å²) in [5, 5.41) is 0. The third-order valence-corrected chi connectivity index (χ3v) is 3.48. The first-order chi connectivity index (χ1) is 9.99. The van der Waals surface area contributed by atoms with Gasteiger partial charge in [-0.15, -0.1) is 0 Å². The van der Waals surface area contributed by atoms with Crippen molar-refractivity contribution in [2.45, 2.75) is 13.0 Å². The van der Waals surface area contributed by atoms with Crippen molar-refractivity contribution < 1.29 is 13.2 Å². The van der Waals surface area contributed by atoms with Crippen LogP contribution in [0.2, 0.25) is 0 Å². The van der Waals surface area contributed by atoms with E-state index in [-0.39, 0.29) is 17.0 Å². The predicted molar refractivity (Wildman–Crippen MR) is 74.3 cm³/mol. The fourth-order valence-corrected chi connectivity index (χ4v) is 2.50. The van der Waals surface area contributed by atoms with Gasteiger partial charge in [-0.3, -0.25) is 0 Å². The fraction of sp³-hybridized carbons (Fsp3) is 0.133. The third-order valence-electron chi connectivity index (χ3n) is 3.48. The van der Waals surface area contributed by atoms with Crippen molar-refractivity contribution in [3.63, 3.8) is 0 Å². The molecule has 6 heteroatoms. The number of rotatable bonds is 2. The van der Waals surface area contributed by atoms with Crippen molar-refractivity contribution >= 4 is 17.0 Å². The molecule has 2 N–H and O–H groups in total. The van der Waals surface area contributed by atoms with Crippen molar-refractivity contribution in [2.24, 2.45) is 0 Å². The number of imidazole rings is 1. The number of hydrogen-bond acceptors (Lipinski definition) is 2. The van der Waals surface area contributed by atoms with Crippen molar-refractivity contribution in [1.29, 1.82) is 0 Å². The summed E-state index contributed by atoms with van der Waals surface area (Å²) in [7, 11) is 0. The maximum absolute atomic E-state index is 13.9. The van der Waals surface area contributed by atoms with Crippen LogP contribution >= 0.6 is 0 Å². The molecule has 1 unspecified atom stereocenters. The molecule has 108 valence electrons. The molecule has 1 atom stereocenters. The number of aromatic nitrogens is 2. The van der Waals surface area contributed by atoms with Gasteiger partial charge in [-0.2, -0.15) is 0 Å². The molecule has 3 nitrogen and oxygen atoms in total. The van der Waals surface area contributed by atoms with E-state index >= 15 is 0 Å². The monoisotopic (exact) mass is 291 g/mol. The van der Waals surface area contributed by atoms with E-state index in [1.165, 1.54) is 10.6 Å². The number of nitrogens with zero attached hydrogens (tertiary/aromatic N) is 2. The van der Waals surface area contributed by atoms with Crippen LogP contribution in [0, 0.1) is 17.5 Å². The van der Waals surface area contributed by atoms with Crippen LogP contribution in [-0.2, 0) is 0 Å². The van der Waals surface area contributed by atoms with Gasteiger partial charge >= 0.3 is 0 Å². The highest BCUT2D eigenvalue weighted by atomic mass is 19.1. The molecular weight excluding hydrogens is 279 g/mol. The Morgan fingerprint density at radius 2 is 1.81 bits per heavy atom. The second-order valence-corrected chi connectivity index (χ2v) is 4.79. The van der Waals surface area contributed by atoms with E-state index < -0.39 is 23.5 Å². The summed E-state index contributed by atoms with van der Waals surface area (Å²) < 4.78 is 42.5. The zero-order valence-corrected chi connectivity index (χ0v) is 11.1. The summed E-state index contributed by atoms with van der Waals surface area (Å²) >= 11 is 0. The van der Waals surface area contributed by atoms with E-state index in [0.29, 0.717) is 5.56 Å². The zero-order valence-electron chi connectivity index (χ0n) is 11.1. The minimum atomic E-state index is -0.795. The summed E-state index contributed by atoms with van der Waals surface area (Å²) in [4.78, 5) is 3.91. The average Bonchev–Trinajstić information content (AvgIpc) is 2.75. The molecule has 0 aliphatic heterocycles. The van der Waals surface area contributed by atoms with Gasteiger partial charge in [0.05, 0.1) is 11.6 Å². The number of hydrogen-bond donors (Lipinski definition) is 1. The van der Waals surface area contributed by atoms with Gasteiger partial charge in [-0.05, 0) is 13.0 Å². The average molecular weight is 291 g/mol. The lowest BCUT2D eigenvalue weighted by molar-refractivity contribution is 0.565. The molecule has 0 bridgehead atoms. The van der Waals surface area contributed by atoms with Crippen LogP contribution in [0.15, 0.2) is 36.4 Å². The van der Waals surface area contributed by atoms with Gasteiger partial charge in [0.15, 0.2) is 5.82 Å². The van der Waals surface area contributed by atoms with Crippen molar-refractivity contribution in [3.8, 4) is 0 Å². The Bertz CT molecular complexity index is 826. The lowest BCUT2D eigenvalue weighted by Crippen LogP contribution is -2.11. The SMILES string of the molecule is CC(c1ccccc1F)n1c(N)nc2c(F)cc(F)cc21. The Hall–Kier alpha value is -2.50. The summed E-state index contributed by atoms with van der Waals surface area (Å²) in [5.41, 5.74) is 6.33. The van der Waals surface area contributed by atoms with Crippen LogP contribution in [0.4, 0.5) is 19.1 Å². The van der Waals surface area contributed by atoms with E-state index in [1.54, 1.807) is 25.1 Å². The second-order valence-electron chi connectivity index (χ2n) is 4.79. The van der Waals surface area contributed by atoms with Crippen LogP contribution in [0.5, 0.6) is 0 Å². The van der Waals surface area contributed by atoms with Crippen molar-refractivity contribution in [3.05, 3.63) is 59.4 Å². The molecule has 0 fully saturated rings. The topological polar surface area (TPSA) is 43.8 Å². The Morgan fingerprint density at radius 3 is 2.52 bits per heavy atom. The largest absolute Gasteiger partial charge is 0.369 e. The highest BCUT2D eigenvalue weighted by Gasteiger charge is 2.20. The van der Waals surface area contributed by atoms with Crippen LogP contribution in [0.1, 0.15) is 18.5 Å². The normalized spacial score (nSPS) is 12.8. The molecule has 21 heavy (non-hydrogen) atoms. The van der Waals surface area contributed by atoms with Crippen LogP contribution in [0.3, 0.4) is 0 Å². The first kappa shape index (κ1) is 13.5. The minimum absolute atomic E-state index is 0.00486. The number of anilines is 1. The Kier molecular flexibility index (Phi) is 3.08. The first-order valence-electron chi connectivity index (χ1n) is 6.36. The molecule has 3 rings (SSSR count). The molecule has 0 aliphatic carbocycles. The molecular formula is C15H12F3N3. The molecule has 1 aromatic heterocycles. The van der Waals surface area contributed by atoms with E-state index in [1.807, 2.05) is 0 Å². The number of halogens is 3. The molecule has 0 spiro atoms. The van der Waals surface area contributed by atoms with Crippen LogP contribution in [0.25, 0.3) is 11.0 Å². The van der Waals surface area contributed by atoms with Crippen molar-refractivity contribution in [1.82, 2.24) is 9.55 Å². The molecule has 2 aromatic carbocycles. The maximum Gasteiger partial charge on any atom is 0.201 e. The van der Waals surface area contributed by atoms with Gasteiger partial charge < -0.3 is 10.3 Å². The maximum atomic E-state index is 13.9. The smallest absolute Gasteiger partial charge is 0.201 e. The number of benzene rings is 2. The molecule has 3 aromatic rings. The Balaban J connectivity index is 2.25. The highest BCUT2D eigenvalue weighted by molar-refractivity contribution is 5.79. The van der Waals surface area contributed by atoms with Crippen LogP contribution < -0.4 is 5.73 Å². The number of nitrogen functional groups attached to an aromatic ring is 1. The Labute approximate surface area is 118 Å². The van der Waals surface area contributed by atoms with E-state index in [0.717, 1.165) is 12.1 Å². The first-order valence-corrected chi connectivity index (χ1v) is 6.36. The predicted octanol–water partition coefficient (Wildman–Crippen LogP) is 3.65. The van der Waals surface area contributed by atoms with Gasteiger partial charge in [0.25, 0.3) is 0 Å². The Morgan fingerprint density at radius 1 is 1.10 bits per heavy atom. The quantitative estimate of drug-likeness (QED) is 0.783. The lowest BCUT2D eigenvalue weighted by atomic mass is 10.1.